The number of ether oxygens (including phenoxy) is 4. The van der Waals surface area contributed by atoms with E-state index in [2.05, 4.69) is 0 Å². The topological polar surface area (TPSA) is 57.2 Å². The Morgan fingerprint density at radius 3 is 3.04 bits per heavy atom. The predicted octanol–water partition coefficient (Wildman–Crippen LogP) is 2.07. The minimum atomic E-state index is 0.0451. The molecule has 1 saturated carbocycles. The number of hydrogen-bond acceptors (Lipinski definition) is 5. The van der Waals surface area contributed by atoms with Crippen LogP contribution in [0.1, 0.15) is 30.1 Å². The van der Waals surface area contributed by atoms with E-state index in [0.717, 1.165) is 26.1 Å². The molecule has 130 valence electrons. The quantitative estimate of drug-likeness (QED) is 0.844. The average molecular weight is 333 g/mol. The molecule has 1 aromatic carbocycles. The molecule has 2 heterocycles. The van der Waals surface area contributed by atoms with Gasteiger partial charge in [-0.2, -0.15) is 0 Å². The fourth-order valence-corrected chi connectivity index (χ4v) is 3.92. The van der Waals surface area contributed by atoms with E-state index in [9.17, 15) is 4.79 Å². The molecule has 6 heteroatoms. The van der Waals surface area contributed by atoms with E-state index in [1.807, 2.05) is 17.9 Å². The molecule has 3 atom stereocenters. The number of carbonyl (C=O) groups is 1. The Morgan fingerprint density at radius 2 is 2.17 bits per heavy atom. The second-order valence-electron chi connectivity index (χ2n) is 6.54. The number of rotatable bonds is 4. The van der Waals surface area contributed by atoms with E-state index < -0.39 is 0 Å². The van der Waals surface area contributed by atoms with Crippen molar-refractivity contribution in [3.63, 3.8) is 0 Å². The molecule has 4 rings (SSSR count). The van der Waals surface area contributed by atoms with Crippen molar-refractivity contribution in [2.75, 3.05) is 33.2 Å². The molecule has 0 N–H and O–H groups in total. The summed E-state index contributed by atoms with van der Waals surface area (Å²) in [4.78, 5) is 15.0. The summed E-state index contributed by atoms with van der Waals surface area (Å²) in [5.74, 6) is 1.85. The van der Waals surface area contributed by atoms with Gasteiger partial charge in [-0.25, -0.2) is 0 Å². The van der Waals surface area contributed by atoms with Gasteiger partial charge in [-0.3, -0.25) is 4.79 Å². The van der Waals surface area contributed by atoms with E-state index in [-0.39, 0.29) is 24.8 Å². The standard InChI is InChI=1S/C18H23NO5/c1-2-21-10-12-7-14-16(8-12)22-6-5-19(14)18(20)13-3-4-15-17(9-13)24-11-23-15/h3-4,9,12,14,16H,2,5-8,10-11H2,1H3/t12-,14-,16+/m0/s1. The van der Waals surface area contributed by atoms with E-state index in [0.29, 0.717) is 36.1 Å². The first kappa shape index (κ1) is 15.7. The molecule has 0 radical (unpaired) electrons. The van der Waals surface area contributed by atoms with Crippen LogP contribution >= 0.6 is 0 Å². The van der Waals surface area contributed by atoms with Crippen LogP contribution in [0.5, 0.6) is 11.5 Å². The maximum absolute atomic E-state index is 13.0. The van der Waals surface area contributed by atoms with Crippen LogP contribution in [-0.4, -0.2) is 56.1 Å². The Morgan fingerprint density at radius 1 is 1.29 bits per heavy atom. The molecular weight excluding hydrogens is 310 g/mol. The zero-order chi connectivity index (χ0) is 16.5. The summed E-state index contributed by atoms with van der Waals surface area (Å²) in [6.07, 6.45) is 2.04. The van der Waals surface area contributed by atoms with Crippen molar-refractivity contribution in [1.82, 2.24) is 4.90 Å². The fraction of sp³-hybridized carbons (Fsp3) is 0.611. The molecule has 0 aromatic heterocycles. The molecule has 6 nitrogen and oxygen atoms in total. The molecule has 1 aliphatic carbocycles. The number of benzene rings is 1. The first-order valence-electron chi connectivity index (χ1n) is 8.66. The summed E-state index contributed by atoms with van der Waals surface area (Å²) in [6.45, 7) is 4.93. The summed E-state index contributed by atoms with van der Waals surface area (Å²) < 4.78 is 22.2. The van der Waals surface area contributed by atoms with Gasteiger partial charge in [-0.1, -0.05) is 0 Å². The van der Waals surface area contributed by atoms with Crippen LogP contribution in [0.2, 0.25) is 0 Å². The van der Waals surface area contributed by atoms with Crippen LogP contribution in [0.3, 0.4) is 0 Å². The minimum absolute atomic E-state index is 0.0451. The summed E-state index contributed by atoms with van der Waals surface area (Å²) in [5.41, 5.74) is 0.646. The van der Waals surface area contributed by atoms with Gasteiger partial charge in [0.25, 0.3) is 5.91 Å². The zero-order valence-electron chi connectivity index (χ0n) is 13.9. The Kier molecular flexibility index (Phi) is 4.33. The summed E-state index contributed by atoms with van der Waals surface area (Å²) in [6, 6.07) is 5.54. The number of fused-ring (bicyclic) bond motifs is 2. The van der Waals surface area contributed by atoms with Crippen LogP contribution in [0.25, 0.3) is 0 Å². The molecule has 0 unspecified atom stereocenters. The van der Waals surface area contributed by atoms with E-state index in [4.69, 9.17) is 18.9 Å². The molecule has 1 saturated heterocycles. The van der Waals surface area contributed by atoms with E-state index in [1.165, 1.54) is 0 Å². The normalized spacial score (nSPS) is 28.0. The molecule has 1 amide bonds. The molecule has 0 spiro atoms. The summed E-state index contributed by atoms with van der Waals surface area (Å²) in [7, 11) is 0. The number of hydrogen-bond donors (Lipinski definition) is 0. The highest BCUT2D eigenvalue weighted by atomic mass is 16.7. The molecule has 0 bridgehead atoms. The first-order valence-corrected chi connectivity index (χ1v) is 8.66. The lowest BCUT2D eigenvalue weighted by molar-refractivity contribution is -0.0450. The Balaban J connectivity index is 1.49. The van der Waals surface area contributed by atoms with Gasteiger partial charge in [0.05, 0.1) is 18.8 Å². The van der Waals surface area contributed by atoms with Crippen molar-refractivity contribution in [3.05, 3.63) is 23.8 Å². The van der Waals surface area contributed by atoms with Crippen molar-refractivity contribution in [2.24, 2.45) is 5.92 Å². The molecule has 1 aromatic rings. The van der Waals surface area contributed by atoms with Gasteiger partial charge in [0.1, 0.15) is 0 Å². The molecule has 2 fully saturated rings. The van der Waals surface area contributed by atoms with Gasteiger partial charge < -0.3 is 23.8 Å². The van der Waals surface area contributed by atoms with Crippen LogP contribution in [0.4, 0.5) is 0 Å². The third-order valence-corrected chi connectivity index (χ3v) is 5.07. The molecule has 24 heavy (non-hydrogen) atoms. The summed E-state index contributed by atoms with van der Waals surface area (Å²) in [5, 5.41) is 0. The first-order chi connectivity index (χ1) is 11.8. The van der Waals surface area contributed by atoms with Gasteiger partial charge in [-0.05, 0) is 43.9 Å². The maximum atomic E-state index is 13.0. The fourth-order valence-electron chi connectivity index (χ4n) is 3.92. The van der Waals surface area contributed by atoms with Gasteiger partial charge >= 0.3 is 0 Å². The lowest BCUT2D eigenvalue weighted by atomic mass is 10.1. The molecule has 2 aliphatic heterocycles. The molecular formula is C18H23NO5. The van der Waals surface area contributed by atoms with Crippen molar-refractivity contribution in [2.45, 2.75) is 31.9 Å². The highest BCUT2D eigenvalue weighted by Crippen LogP contribution is 2.37. The Bertz CT molecular complexity index is 619. The SMILES string of the molecule is CCOC[C@@H]1C[C@H]2OCCN(C(=O)c3ccc4c(c3)OCO4)[C@H]2C1. The van der Waals surface area contributed by atoms with Crippen molar-refractivity contribution >= 4 is 5.91 Å². The van der Waals surface area contributed by atoms with E-state index >= 15 is 0 Å². The third kappa shape index (κ3) is 2.84. The highest BCUT2D eigenvalue weighted by molar-refractivity contribution is 5.95. The number of amides is 1. The summed E-state index contributed by atoms with van der Waals surface area (Å²) >= 11 is 0. The van der Waals surface area contributed by atoms with E-state index in [1.54, 1.807) is 12.1 Å². The minimum Gasteiger partial charge on any atom is -0.454 e. The smallest absolute Gasteiger partial charge is 0.254 e. The predicted molar refractivity (Wildman–Crippen MR) is 86.3 cm³/mol. The largest absolute Gasteiger partial charge is 0.454 e. The van der Waals surface area contributed by atoms with Gasteiger partial charge in [0.2, 0.25) is 6.79 Å². The maximum Gasteiger partial charge on any atom is 0.254 e. The number of morpholine rings is 1. The van der Waals surface area contributed by atoms with Gasteiger partial charge in [-0.15, -0.1) is 0 Å². The lowest BCUT2D eigenvalue weighted by Gasteiger charge is -2.37. The number of nitrogens with zero attached hydrogens (tertiary/aromatic N) is 1. The van der Waals surface area contributed by atoms with Gasteiger partial charge in [0, 0.05) is 25.3 Å². The third-order valence-electron chi connectivity index (χ3n) is 5.07. The monoisotopic (exact) mass is 333 g/mol. The van der Waals surface area contributed by atoms with Crippen LogP contribution in [0.15, 0.2) is 18.2 Å². The average Bonchev–Trinajstić information content (AvgIpc) is 3.24. The Hall–Kier alpha value is -1.79. The second kappa shape index (κ2) is 6.61. The molecule has 3 aliphatic rings. The van der Waals surface area contributed by atoms with Crippen molar-refractivity contribution < 1.29 is 23.7 Å². The Labute approximate surface area is 141 Å². The number of carbonyl (C=O) groups excluding carboxylic acids is 1. The van der Waals surface area contributed by atoms with Crippen LogP contribution in [-0.2, 0) is 9.47 Å². The van der Waals surface area contributed by atoms with Gasteiger partial charge in [0.15, 0.2) is 11.5 Å². The van der Waals surface area contributed by atoms with Crippen LogP contribution < -0.4 is 9.47 Å². The van der Waals surface area contributed by atoms with Crippen LogP contribution in [0, 0.1) is 5.92 Å². The lowest BCUT2D eigenvalue weighted by Crippen LogP contribution is -2.51. The van der Waals surface area contributed by atoms with Crippen molar-refractivity contribution in [3.8, 4) is 11.5 Å². The zero-order valence-corrected chi connectivity index (χ0v) is 13.9. The van der Waals surface area contributed by atoms with Crippen molar-refractivity contribution in [1.29, 1.82) is 0 Å². The highest BCUT2D eigenvalue weighted by Gasteiger charge is 2.43. The second-order valence-corrected chi connectivity index (χ2v) is 6.54.